The summed E-state index contributed by atoms with van der Waals surface area (Å²) in [5.41, 5.74) is 3.37. The molecule has 102 valence electrons. The molecule has 0 aliphatic heterocycles. The van der Waals surface area contributed by atoms with Gasteiger partial charge in [0.05, 0.1) is 18.0 Å². The number of fused-ring (bicyclic) bond motifs is 1. The van der Waals surface area contributed by atoms with Gasteiger partial charge in [0.1, 0.15) is 5.82 Å². The molecule has 6 nitrogen and oxygen atoms in total. The molecule has 1 aromatic carbocycles. The molecule has 20 heavy (non-hydrogen) atoms. The van der Waals surface area contributed by atoms with Gasteiger partial charge in [0, 0.05) is 18.0 Å². The molecule has 1 aliphatic rings. The molecule has 2 aromatic rings. The van der Waals surface area contributed by atoms with Gasteiger partial charge in [-0.05, 0) is 25.0 Å². The van der Waals surface area contributed by atoms with Gasteiger partial charge in [-0.15, -0.1) is 0 Å². The molecule has 1 saturated carbocycles. The quantitative estimate of drug-likeness (QED) is 0.634. The Labute approximate surface area is 117 Å². The predicted octanol–water partition coefficient (Wildman–Crippen LogP) is 1.80. The van der Waals surface area contributed by atoms with Crippen molar-refractivity contribution in [3.8, 4) is 6.07 Å². The molecule has 3 N–H and O–H groups in total. The molecular formula is C14H16N6. The molecule has 0 spiro atoms. The van der Waals surface area contributed by atoms with Gasteiger partial charge >= 0.3 is 0 Å². The van der Waals surface area contributed by atoms with Crippen LogP contribution in [0.15, 0.2) is 24.3 Å². The molecule has 0 radical (unpaired) electrons. The van der Waals surface area contributed by atoms with E-state index in [4.69, 9.17) is 11.1 Å². The standard InChI is InChI=1S/C14H16N6/c15-8-3-9-20(10-6-7-10)13-11-4-1-2-5-12(11)17-14(18-13)19-16/h1-2,4-5,10H,3,6-7,9,16H2,(H,17,18,19). The Hall–Kier alpha value is -2.39. The summed E-state index contributed by atoms with van der Waals surface area (Å²) in [4.78, 5) is 11.1. The molecule has 3 rings (SSSR count). The Balaban J connectivity index is 2.09. The maximum Gasteiger partial charge on any atom is 0.239 e. The molecular weight excluding hydrogens is 252 g/mol. The Kier molecular flexibility index (Phi) is 3.35. The van der Waals surface area contributed by atoms with E-state index in [0.717, 1.165) is 29.6 Å². The highest BCUT2D eigenvalue weighted by Gasteiger charge is 2.31. The number of nitrogens with one attached hydrogen (secondary N) is 1. The number of nitriles is 1. The summed E-state index contributed by atoms with van der Waals surface area (Å²) in [7, 11) is 0. The van der Waals surface area contributed by atoms with E-state index in [1.54, 1.807) is 0 Å². The van der Waals surface area contributed by atoms with Crippen molar-refractivity contribution >= 4 is 22.7 Å². The number of para-hydroxylation sites is 1. The van der Waals surface area contributed by atoms with Crippen molar-refractivity contribution in [1.29, 1.82) is 5.26 Å². The number of nitrogens with two attached hydrogens (primary N) is 1. The molecule has 0 unspecified atom stereocenters. The summed E-state index contributed by atoms with van der Waals surface area (Å²) >= 11 is 0. The minimum atomic E-state index is 0.404. The first-order valence-electron chi connectivity index (χ1n) is 6.70. The highest BCUT2D eigenvalue weighted by atomic mass is 15.3. The van der Waals surface area contributed by atoms with Crippen molar-refractivity contribution < 1.29 is 0 Å². The number of hydrogen-bond acceptors (Lipinski definition) is 6. The normalized spacial score (nSPS) is 14.0. The molecule has 0 amide bonds. The molecule has 1 aromatic heterocycles. The first-order chi connectivity index (χ1) is 9.83. The molecule has 0 saturated heterocycles. The third-order valence-corrected chi connectivity index (χ3v) is 3.44. The lowest BCUT2D eigenvalue weighted by molar-refractivity contribution is 0.781. The largest absolute Gasteiger partial charge is 0.352 e. The molecule has 6 heteroatoms. The smallest absolute Gasteiger partial charge is 0.239 e. The van der Waals surface area contributed by atoms with Gasteiger partial charge in [-0.1, -0.05) is 12.1 Å². The number of rotatable bonds is 5. The van der Waals surface area contributed by atoms with Gasteiger partial charge in [0.25, 0.3) is 0 Å². The van der Waals surface area contributed by atoms with E-state index in [-0.39, 0.29) is 0 Å². The van der Waals surface area contributed by atoms with Gasteiger partial charge in [-0.2, -0.15) is 10.2 Å². The zero-order chi connectivity index (χ0) is 13.9. The maximum absolute atomic E-state index is 8.84. The Morgan fingerprint density at radius 1 is 1.35 bits per heavy atom. The molecule has 1 fully saturated rings. The van der Waals surface area contributed by atoms with Crippen LogP contribution in [0.4, 0.5) is 11.8 Å². The summed E-state index contributed by atoms with van der Waals surface area (Å²) in [6, 6.07) is 10.5. The zero-order valence-electron chi connectivity index (χ0n) is 11.1. The minimum Gasteiger partial charge on any atom is -0.352 e. The number of hydrogen-bond donors (Lipinski definition) is 2. The fourth-order valence-electron chi connectivity index (χ4n) is 2.36. The van der Waals surface area contributed by atoms with Crippen LogP contribution in [-0.2, 0) is 0 Å². The van der Waals surface area contributed by atoms with E-state index in [1.165, 1.54) is 0 Å². The van der Waals surface area contributed by atoms with Crippen molar-refractivity contribution in [3.05, 3.63) is 24.3 Å². The van der Waals surface area contributed by atoms with Crippen LogP contribution in [0.1, 0.15) is 19.3 Å². The summed E-state index contributed by atoms with van der Waals surface area (Å²) in [5, 5.41) is 9.83. The number of anilines is 2. The first kappa shape index (κ1) is 12.6. The number of aromatic nitrogens is 2. The second-order valence-corrected chi connectivity index (χ2v) is 4.86. The Bertz CT molecular complexity index is 658. The lowest BCUT2D eigenvalue weighted by Gasteiger charge is -2.24. The molecule has 1 heterocycles. The van der Waals surface area contributed by atoms with Crippen LogP contribution in [0.3, 0.4) is 0 Å². The van der Waals surface area contributed by atoms with E-state index in [2.05, 4.69) is 26.4 Å². The van der Waals surface area contributed by atoms with Crippen LogP contribution in [-0.4, -0.2) is 22.6 Å². The monoisotopic (exact) mass is 268 g/mol. The third kappa shape index (κ3) is 2.36. The highest BCUT2D eigenvalue weighted by molar-refractivity contribution is 5.90. The number of benzene rings is 1. The predicted molar refractivity (Wildman–Crippen MR) is 77.9 cm³/mol. The summed E-state index contributed by atoms with van der Waals surface area (Å²) in [6.07, 6.45) is 2.78. The van der Waals surface area contributed by atoms with Gasteiger partial charge in [-0.3, -0.25) is 5.43 Å². The summed E-state index contributed by atoms with van der Waals surface area (Å²) in [6.45, 7) is 0.687. The van der Waals surface area contributed by atoms with E-state index < -0.39 is 0 Å². The second-order valence-electron chi connectivity index (χ2n) is 4.86. The second kappa shape index (κ2) is 5.31. The van der Waals surface area contributed by atoms with Crippen molar-refractivity contribution in [2.24, 2.45) is 5.84 Å². The summed E-state index contributed by atoms with van der Waals surface area (Å²) in [5.74, 6) is 6.72. The lowest BCUT2D eigenvalue weighted by atomic mass is 10.2. The van der Waals surface area contributed by atoms with Crippen LogP contribution in [0.5, 0.6) is 0 Å². The van der Waals surface area contributed by atoms with Crippen molar-refractivity contribution in [2.75, 3.05) is 16.9 Å². The Morgan fingerprint density at radius 2 is 2.15 bits per heavy atom. The van der Waals surface area contributed by atoms with Crippen molar-refractivity contribution in [1.82, 2.24) is 9.97 Å². The van der Waals surface area contributed by atoms with E-state index >= 15 is 0 Å². The van der Waals surface area contributed by atoms with Crippen LogP contribution in [0.25, 0.3) is 10.9 Å². The highest BCUT2D eigenvalue weighted by Crippen LogP contribution is 2.34. The number of hydrazine groups is 1. The van der Waals surface area contributed by atoms with Gasteiger partial charge in [0.15, 0.2) is 0 Å². The topological polar surface area (TPSA) is 90.9 Å². The number of nitrogen functional groups attached to an aromatic ring is 1. The van der Waals surface area contributed by atoms with Crippen molar-refractivity contribution in [2.45, 2.75) is 25.3 Å². The fourth-order valence-corrected chi connectivity index (χ4v) is 2.36. The fraction of sp³-hybridized carbons (Fsp3) is 0.357. The molecule has 1 aliphatic carbocycles. The SMILES string of the molecule is N#CCCN(c1nc(NN)nc2ccccc12)C1CC1. The average molecular weight is 268 g/mol. The van der Waals surface area contributed by atoms with Crippen LogP contribution < -0.4 is 16.2 Å². The van der Waals surface area contributed by atoms with E-state index in [9.17, 15) is 0 Å². The minimum absolute atomic E-state index is 0.404. The lowest BCUT2D eigenvalue weighted by Crippen LogP contribution is -2.28. The van der Waals surface area contributed by atoms with E-state index in [1.807, 2.05) is 24.3 Å². The van der Waals surface area contributed by atoms with Crippen molar-refractivity contribution in [3.63, 3.8) is 0 Å². The average Bonchev–Trinajstić information content (AvgIpc) is 3.32. The van der Waals surface area contributed by atoms with Gasteiger partial charge in [0.2, 0.25) is 5.95 Å². The first-order valence-corrected chi connectivity index (χ1v) is 6.70. The van der Waals surface area contributed by atoms with Crippen LogP contribution in [0.2, 0.25) is 0 Å². The molecule has 0 atom stereocenters. The number of nitrogens with zero attached hydrogens (tertiary/aromatic N) is 4. The Morgan fingerprint density at radius 3 is 2.85 bits per heavy atom. The van der Waals surface area contributed by atoms with Crippen LogP contribution in [0, 0.1) is 11.3 Å². The van der Waals surface area contributed by atoms with Gasteiger partial charge in [-0.25, -0.2) is 10.8 Å². The van der Waals surface area contributed by atoms with Crippen LogP contribution >= 0.6 is 0 Å². The third-order valence-electron chi connectivity index (χ3n) is 3.44. The summed E-state index contributed by atoms with van der Waals surface area (Å²) < 4.78 is 0. The molecule has 0 bridgehead atoms. The van der Waals surface area contributed by atoms with Gasteiger partial charge < -0.3 is 4.90 Å². The van der Waals surface area contributed by atoms with E-state index in [0.29, 0.717) is 25.0 Å². The zero-order valence-corrected chi connectivity index (χ0v) is 11.1. The maximum atomic E-state index is 8.84.